The smallest absolute Gasteiger partial charge is 0.194 e. The number of hydrogen-bond donors (Lipinski definition) is 0. The molecule has 0 aliphatic rings. The van der Waals surface area contributed by atoms with Crippen LogP contribution in [-0.2, 0) is 10.9 Å². The largest absolute Gasteiger partial charge is 0.289 e. The minimum Gasteiger partial charge on any atom is -0.289 e. The summed E-state index contributed by atoms with van der Waals surface area (Å²) in [5.74, 6) is 0.0765. The zero-order chi connectivity index (χ0) is 16.9. The van der Waals surface area contributed by atoms with Crippen molar-refractivity contribution in [1.82, 2.24) is 0 Å². The van der Waals surface area contributed by atoms with Crippen LogP contribution in [0.3, 0.4) is 0 Å². The van der Waals surface area contributed by atoms with Crippen LogP contribution >= 0.6 is 11.8 Å². The van der Waals surface area contributed by atoms with Gasteiger partial charge in [0.1, 0.15) is 12.5 Å². The average Bonchev–Trinajstić information content (AvgIpc) is 2.62. The first kappa shape index (κ1) is 16.9. The lowest BCUT2D eigenvalue weighted by molar-refractivity contribution is 0.103. The van der Waals surface area contributed by atoms with Gasteiger partial charge in [0.05, 0.1) is 0 Å². The Balaban J connectivity index is 1.90. The molecule has 0 aromatic heterocycles. The summed E-state index contributed by atoms with van der Waals surface area (Å²) in [5, 5.41) is 0. The van der Waals surface area contributed by atoms with Gasteiger partial charge in [0.2, 0.25) is 0 Å². The van der Waals surface area contributed by atoms with E-state index in [0.717, 1.165) is 20.9 Å². The summed E-state index contributed by atoms with van der Waals surface area (Å²) >= 11 is 1.63. The van der Waals surface area contributed by atoms with Crippen LogP contribution in [0.4, 0.5) is 0 Å². The van der Waals surface area contributed by atoms with Crippen molar-refractivity contribution < 1.29 is 4.79 Å². The molecule has 3 rings (SSSR count). The van der Waals surface area contributed by atoms with Crippen molar-refractivity contribution in [3.05, 3.63) is 90.0 Å². The SMILES string of the molecule is C[S+](C)c1ccc(C(=O)c2ccccc2Sc2ccccc2)cc1. The Labute approximate surface area is 150 Å². The number of rotatable bonds is 5. The van der Waals surface area contributed by atoms with Crippen molar-refractivity contribution in [3.8, 4) is 0 Å². The normalized spacial score (nSPS) is 10.8. The molecule has 0 heterocycles. The predicted molar refractivity (Wildman–Crippen MR) is 104 cm³/mol. The fraction of sp³-hybridized carbons (Fsp3) is 0.0952. The van der Waals surface area contributed by atoms with Crippen molar-refractivity contribution >= 4 is 28.4 Å². The third kappa shape index (κ3) is 3.92. The summed E-state index contributed by atoms with van der Waals surface area (Å²) in [5.41, 5.74) is 1.50. The Bertz CT molecular complexity index is 824. The van der Waals surface area contributed by atoms with Crippen LogP contribution in [0.1, 0.15) is 15.9 Å². The van der Waals surface area contributed by atoms with E-state index < -0.39 is 0 Å². The number of hydrogen-bond acceptors (Lipinski definition) is 2. The molecule has 0 saturated carbocycles. The van der Waals surface area contributed by atoms with E-state index in [4.69, 9.17) is 0 Å². The fourth-order valence-electron chi connectivity index (χ4n) is 2.39. The monoisotopic (exact) mass is 351 g/mol. The summed E-state index contributed by atoms with van der Waals surface area (Å²) in [6, 6.07) is 26.0. The minimum atomic E-state index is 0.0765. The van der Waals surface area contributed by atoms with Gasteiger partial charge >= 0.3 is 0 Å². The third-order valence-corrected chi connectivity index (χ3v) is 5.99. The van der Waals surface area contributed by atoms with Crippen molar-refractivity contribution in [1.29, 1.82) is 0 Å². The van der Waals surface area contributed by atoms with E-state index in [0.29, 0.717) is 0 Å². The summed E-state index contributed by atoms with van der Waals surface area (Å²) < 4.78 is 0. The molecule has 120 valence electrons. The lowest BCUT2D eigenvalue weighted by Gasteiger charge is -2.08. The Kier molecular flexibility index (Phi) is 5.44. The lowest BCUT2D eigenvalue weighted by atomic mass is 10.0. The van der Waals surface area contributed by atoms with Gasteiger partial charge < -0.3 is 0 Å². The number of carbonyl (C=O) groups excluding carboxylic acids is 1. The van der Waals surface area contributed by atoms with E-state index in [9.17, 15) is 4.79 Å². The zero-order valence-electron chi connectivity index (χ0n) is 13.7. The molecule has 1 nitrogen and oxygen atoms in total. The van der Waals surface area contributed by atoms with Crippen LogP contribution in [0, 0.1) is 0 Å². The first-order chi connectivity index (χ1) is 11.6. The second kappa shape index (κ2) is 7.73. The summed E-state index contributed by atoms with van der Waals surface area (Å²) in [6.45, 7) is 0. The average molecular weight is 352 g/mol. The number of carbonyl (C=O) groups is 1. The van der Waals surface area contributed by atoms with Crippen LogP contribution < -0.4 is 0 Å². The van der Waals surface area contributed by atoms with E-state index >= 15 is 0 Å². The molecule has 0 unspecified atom stereocenters. The molecule has 0 spiro atoms. The van der Waals surface area contributed by atoms with Gasteiger partial charge in [-0.1, -0.05) is 42.1 Å². The second-order valence-corrected chi connectivity index (χ2v) is 8.80. The maximum Gasteiger partial charge on any atom is 0.194 e. The van der Waals surface area contributed by atoms with E-state index in [-0.39, 0.29) is 16.7 Å². The highest BCUT2D eigenvalue weighted by Crippen LogP contribution is 2.31. The Hall–Kier alpha value is -1.97. The van der Waals surface area contributed by atoms with Crippen LogP contribution in [0.5, 0.6) is 0 Å². The topological polar surface area (TPSA) is 17.1 Å². The molecule has 3 aromatic carbocycles. The summed E-state index contributed by atoms with van der Waals surface area (Å²) in [6.07, 6.45) is 4.37. The highest BCUT2D eigenvalue weighted by atomic mass is 32.2. The molecule has 0 radical (unpaired) electrons. The summed E-state index contributed by atoms with van der Waals surface area (Å²) in [4.78, 5) is 16.3. The van der Waals surface area contributed by atoms with Gasteiger partial charge in [0.15, 0.2) is 10.7 Å². The molecule has 0 saturated heterocycles. The molecule has 3 heteroatoms. The van der Waals surface area contributed by atoms with Gasteiger partial charge in [-0.3, -0.25) is 4.79 Å². The van der Waals surface area contributed by atoms with Crippen molar-refractivity contribution in [3.63, 3.8) is 0 Å². The van der Waals surface area contributed by atoms with E-state index in [1.54, 1.807) is 11.8 Å². The van der Waals surface area contributed by atoms with Gasteiger partial charge in [-0.25, -0.2) is 0 Å². The van der Waals surface area contributed by atoms with Crippen molar-refractivity contribution in [2.75, 3.05) is 12.5 Å². The summed E-state index contributed by atoms with van der Waals surface area (Å²) in [7, 11) is 0.209. The molecule has 24 heavy (non-hydrogen) atoms. The van der Waals surface area contributed by atoms with E-state index in [1.807, 2.05) is 54.6 Å². The van der Waals surface area contributed by atoms with Crippen molar-refractivity contribution in [2.45, 2.75) is 14.7 Å². The fourth-order valence-corrected chi connectivity index (χ4v) is 4.04. The van der Waals surface area contributed by atoms with Gasteiger partial charge in [0.25, 0.3) is 0 Å². The molecule has 0 aliphatic heterocycles. The molecule has 0 N–H and O–H groups in total. The Morgan fingerprint density at radius 1 is 0.792 bits per heavy atom. The molecule has 0 fully saturated rings. The van der Waals surface area contributed by atoms with Crippen LogP contribution in [-0.4, -0.2) is 18.3 Å². The zero-order valence-corrected chi connectivity index (χ0v) is 15.4. The standard InChI is InChI=1S/C21H19OS2/c1-24(2)18-14-12-16(13-15-18)21(22)19-10-6-7-11-20(19)23-17-8-4-3-5-9-17/h3-15H,1-2H3/q+1. The predicted octanol–water partition coefficient (Wildman–Crippen LogP) is 5.31. The third-order valence-electron chi connectivity index (χ3n) is 3.69. The maximum absolute atomic E-state index is 12.9. The maximum atomic E-state index is 12.9. The molecule has 0 amide bonds. The van der Waals surface area contributed by atoms with E-state index in [1.165, 1.54) is 4.90 Å². The molecular formula is C21H19OS2+. The van der Waals surface area contributed by atoms with Gasteiger partial charge in [-0.15, -0.1) is 0 Å². The highest BCUT2D eigenvalue weighted by molar-refractivity contribution is 7.99. The van der Waals surface area contributed by atoms with Crippen LogP contribution in [0.2, 0.25) is 0 Å². The first-order valence-corrected chi connectivity index (χ1v) is 10.6. The molecule has 3 aromatic rings. The highest BCUT2D eigenvalue weighted by Gasteiger charge is 2.15. The van der Waals surface area contributed by atoms with Crippen LogP contribution in [0.15, 0.2) is 93.5 Å². The second-order valence-electron chi connectivity index (χ2n) is 5.58. The lowest BCUT2D eigenvalue weighted by Crippen LogP contribution is -2.04. The van der Waals surface area contributed by atoms with Crippen molar-refractivity contribution in [2.24, 2.45) is 0 Å². The Morgan fingerprint density at radius 3 is 2.08 bits per heavy atom. The molecule has 0 atom stereocenters. The number of ketones is 1. The minimum absolute atomic E-state index is 0.0765. The van der Waals surface area contributed by atoms with Gasteiger partial charge in [-0.05, 0) is 48.5 Å². The first-order valence-electron chi connectivity index (χ1n) is 7.69. The van der Waals surface area contributed by atoms with Gasteiger partial charge in [-0.2, -0.15) is 0 Å². The van der Waals surface area contributed by atoms with Gasteiger partial charge in [0, 0.05) is 31.8 Å². The molecule has 0 aliphatic carbocycles. The van der Waals surface area contributed by atoms with Crippen LogP contribution in [0.25, 0.3) is 0 Å². The quantitative estimate of drug-likeness (QED) is 0.458. The van der Waals surface area contributed by atoms with E-state index in [2.05, 4.69) is 36.8 Å². The number of benzene rings is 3. The molecule has 0 bridgehead atoms. The molecular weight excluding hydrogens is 332 g/mol. The Morgan fingerprint density at radius 2 is 1.42 bits per heavy atom.